The molecule has 0 spiro atoms. The number of aromatic nitrogens is 1. The lowest BCUT2D eigenvalue weighted by Gasteiger charge is -2.09. The molecule has 0 saturated heterocycles. The van der Waals surface area contributed by atoms with Gasteiger partial charge in [0.2, 0.25) is 0 Å². The largest absolute Gasteiger partial charge is 0.452 e. The Balaban J connectivity index is 1.56. The van der Waals surface area contributed by atoms with Crippen molar-refractivity contribution >= 4 is 34.6 Å². The maximum Gasteiger partial charge on any atom is 0.340 e. The van der Waals surface area contributed by atoms with E-state index in [4.69, 9.17) is 4.74 Å². The SMILES string of the molecule is Cc1cc(C(=O)OCC(=O)NCc2cccs2)c(C)n1Cc1cccs1. The van der Waals surface area contributed by atoms with E-state index in [-0.39, 0.29) is 12.5 Å². The summed E-state index contributed by atoms with van der Waals surface area (Å²) in [5.41, 5.74) is 2.34. The number of rotatable bonds is 7. The van der Waals surface area contributed by atoms with E-state index in [9.17, 15) is 9.59 Å². The number of hydrogen-bond donors (Lipinski definition) is 1. The first-order valence-corrected chi connectivity index (χ1v) is 9.96. The Labute approximate surface area is 160 Å². The van der Waals surface area contributed by atoms with Crippen molar-refractivity contribution in [3.63, 3.8) is 0 Å². The molecule has 0 aromatic carbocycles. The first kappa shape index (κ1) is 18.4. The van der Waals surface area contributed by atoms with Crippen LogP contribution in [0.5, 0.6) is 0 Å². The van der Waals surface area contributed by atoms with Crippen molar-refractivity contribution in [1.82, 2.24) is 9.88 Å². The quantitative estimate of drug-likeness (QED) is 0.627. The average molecular weight is 389 g/mol. The summed E-state index contributed by atoms with van der Waals surface area (Å²) >= 11 is 3.25. The number of thiophene rings is 2. The lowest BCUT2D eigenvalue weighted by atomic mass is 10.2. The predicted octanol–water partition coefficient (Wildman–Crippen LogP) is 3.75. The van der Waals surface area contributed by atoms with Crippen LogP contribution in [0.3, 0.4) is 0 Å². The van der Waals surface area contributed by atoms with Gasteiger partial charge in [-0.2, -0.15) is 0 Å². The number of hydrogen-bond acceptors (Lipinski definition) is 5. The van der Waals surface area contributed by atoms with Gasteiger partial charge >= 0.3 is 5.97 Å². The van der Waals surface area contributed by atoms with Crippen LogP contribution in [0.1, 0.15) is 31.5 Å². The molecule has 0 atom stereocenters. The lowest BCUT2D eigenvalue weighted by molar-refractivity contribution is -0.124. The average Bonchev–Trinajstić information content (AvgIpc) is 3.37. The van der Waals surface area contributed by atoms with E-state index in [2.05, 4.69) is 16.0 Å². The minimum absolute atomic E-state index is 0.279. The van der Waals surface area contributed by atoms with E-state index in [0.717, 1.165) is 22.8 Å². The summed E-state index contributed by atoms with van der Waals surface area (Å²) in [5.74, 6) is -0.777. The van der Waals surface area contributed by atoms with E-state index in [0.29, 0.717) is 12.1 Å². The number of aryl methyl sites for hydroxylation is 1. The zero-order valence-electron chi connectivity index (χ0n) is 14.7. The summed E-state index contributed by atoms with van der Waals surface area (Å²) in [5, 5.41) is 6.73. The zero-order chi connectivity index (χ0) is 18.5. The number of carbonyl (C=O) groups excluding carboxylic acids is 2. The van der Waals surface area contributed by atoms with E-state index < -0.39 is 5.97 Å². The molecule has 26 heavy (non-hydrogen) atoms. The van der Waals surface area contributed by atoms with Crippen LogP contribution in [-0.4, -0.2) is 23.1 Å². The van der Waals surface area contributed by atoms with E-state index in [1.165, 1.54) is 4.88 Å². The maximum absolute atomic E-state index is 12.4. The molecular weight excluding hydrogens is 368 g/mol. The first-order valence-electron chi connectivity index (χ1n) is 8.20. The molecule has 3 rings (SSSR count). The Kier molecular flexibility index (Phi) is 5.90. The van der Waals surface area contributed by atoms with Crippen LogP contribution in [0.25, 0.3) is 0 Å². The Morgan fingerprint density at radius 2 is 1.81 bits per heavy atom. The molecule has 0 bridgehead atoms. The molecule has 1 amide bonds. The fourth-order valence-corrected chi connectivity index (χ4v) is 4.01. The summed E-state index contributed by atoms with van der Waals surface area (Å²) in [6.45, 7) is 4.76. The van der Waals surface area contributed by atoms with Gasteiger partial charge in [0.1, 0.15) is 0 Å². The van der Waals surface area contributed by atoms with Crippen LogP contribution in [0.15, 0.2) is 41.1 Å². The maximum atomic E-state index is 12.4. The van der Waals surface area contributed by atoms with E-state index in [1.54, 1.807) is 22.7 Å². The molecule has 0 aliphatic heterocycles. The highest BCUT2D eigenvalue weighted by Gasteiger charge is 2.18. The summed E-state index contributed by atoms with van der Waals surface area (Å²) < 4.78 is 7.27. The molecule has 5 nitrogen and oxygen atoms in total. The van der Waals surface area contributed by atoms with Crippen molar-refractivity contribution in [2.45, 2.75) is 26.9 Å². The molecule has 136 valence electrons. The predicted molar refractivity (Wildman–Crippen MR) is 104 cm³/mol. The standard InChI is InChI=1S/C19H20N2O3S2/c1-13-9-17(14(2)21(13)11-16-6-4-8-26-16)19(23)24-12-18(22)20-10-15-5-3-7-25-15/h3-9H,10-12H2,1-2H3,(H,20,22). The van der Waals surface area contributed by atoms with E-state index in [1.807, 2.05) is 48.9 Å². The highest BCUT2D eigenvalue weighted by molar-refractivity contribution is 7.10. The fraction of sp³-hybridized carbons (Fsp3) is 0.263. The molecule has 3 aromatic heterocycles. The fourth-order valence-electron chi connectivity index (χ4n) is 2.67. The molecule has 0 fully saturated rings. The second kappa shape index (κ2) is 8.33. The van der Waals surface area contributed by atoms with Gasteiger partial charge in [0, 0.05) is 21.1 Å². The molecule has 0 aliphatic rings. The summed E-state index contributed by atoms with van der Waals surface area (Å²) in [6, 6.07) is 9.77. The minimum atomic E-state index is -0.471. The monoisotopic (exact) mass is 388 g/mol. The van der Waals surface area contributed by atoms with Crippen LogP contribution >= 0.6 is 22.7 Å². The highest BCUT2D eigenvalue weighted by atomic mass is 32.1. The number of nitrogens with one attached hydrogen (secondary N) is 1. The molecule has 0 unspecified atom stereocenters. The van der Waals surface area contributed by atoms with Crippen LogP contribution < -0.4 is 5.32 Å². The molecule has 7 heteroatoms. The van der Waals surface area contributed by atoms with Crippen molar-refractivity contribution in [3.8, 4) is 0 Å². The van der Waals surface area contributed by atoms with Crippen LogP contribution in [0.4, 0.5) is 0 Å². The van der Waals surface area contributed by atoms with Crippen molar-refractivity contribution in [3.05, 3.63) is 67.8 Å². The lowest BCUT2D eigenvalue weighted by Crippen LogP contribution is -2.28. The number of esters is 1. The smallest absolute Gasteiger partial charge is 0.340 e. The number of ether oxygens (including phenoxy) is 1. The highest BCUT2D eigenvalue weighted by Crippen LogP contribution is 2.20. The summed E-state index contributed by atoms with van der Waals surface area (Å²) in [6.07, 6.45) is 0. The normalized spacial score (nSPS) is 10.7. The van der Waals surface area contributed by atoms with E-state index >= 15 is 0 Å². The Morgan fingerprint density at radius 3 is 2.46 bits per heavy atom. The molecule has 3 aromatic rings. The van der Waals surface area contributed by atoms with Gasteiger partial charge in [-0.3, -0.25) is 4.79 Å². The second-order valence-electron chi connectivity index (χ2n) is 5.88. The van der Waals surface area contributed by atoms with Crippen molar-refractivity contribution < 1.29 is 14.3 Å². The van der Waals surface area contributed by atoms with Gasteiger partial charge in [-0.05, 0) is 42.8 Å². The zero-order valence-corrected chi connectivity index (χ0v) is 16.3. The van der Waals surface area contributed by atoms with Gasteiger partial charge in [0.05, 0.1) is 18.7 Å². The molecule has 0 aliphatic carbocycles. The Bertz CT molecular complexity index is 880. The first-order chi connectivity index (χ1) is 12.5. The van der Waals surface area contributed by atoms with Gasteiger partial charge < -0.3 is 14.6 Å². The van der Waals surface area contributed by atoms with Crippen LogP contribution in [-0.2, 0) is 22.6 Å². The topological polar surface area (TPSA) is 60.3 Å². The molecule has 1 N–H and O–H groups in total. The third-order valence-corrected chi connectivity index (χ3v) is 5.80. The molecule has 0 radical (unpaired) electrons. The summed E-state index contributed by atoms with van der Waals surface area (Å²) in [7, 11) is 0. The van der Waals surface area contributed by atoms with Gasteiger partial charge in [-0.15, -0.1) is 22.7 Å². The summed E-state index contributed by atoms with van der Waals surface area (Å²) in [4.78, 5) is 26.5. The number of nitrogens with zero attached hydrogens (tertiary/aromatic N) is 1. The minimum Gasteiger partial charge on any atom is -0.452 e. The van der Waals surface area contributed by atoms with Gasteiger partial charge in [-0.25, -0.2) is 4.79 Å². The van der Waals surface area contributed by atoms with Crippen LogP contribution in [0, 0.1) is 13.8 Å². The Hall–Kier alpha value is -2.38. The van der Waals surface area contributed by atoms with Gasteiger partial charge in [0.25, 0.3) is 5.91 Å². The van der Waals surface area contributed by atoms with Crippen molar-refractivity contribution in [2.75, 3.05) is 6.61 Å². The molecule has 0 saturated carbocycles. The van der Waals surface area contributed by atoms with Gasteiger partial charge in [0.15, 0.2) is 6.61 Å². The van der Waals surface area contributed by atoms with Crippen LogP contribution in [0.2, 0.25) is 0 Å². The number of carbonyl (C=O) groups is 2. The third kappa shape index (κ3) is 4.42. The molecular formula is C19H20N2O3S2. The molecule has 3 heterocycles. The number of amides is 1. The van der Waals surface area contributed by atoms with Crippen molar-refractivity contribution in [1.29, 1.82) is 0 Å². The van der Waals surface area contributed by atoms with Crippen molar-refractivity contribution in [2.24, 2.45) is 0 Å². The Morgan fingerprint density at radius 1 is 1.12 bits per heavy atom. The third-order valence-electron chi connectivity index (χ3n) is 4.06. The van der Waals surface area contributed by atoms with Gasteiger partial charge in [-0.1, -0.05) is 12.1 Å². The second-order valence-corrected chi connectivity index (χ2v) is 7.95.